The highest BCUT2D eigenvalue weighted by Gasteiger charge is 2.63. The van der Waals surface area contributed by atoms with Crippen LogP contribution in [0.25, 0.3) is 0 Å². The van der Waals surface area contributed by atoms with E-state index < -0.39 is 0 Å². The van der Waals surface area contributed by atoms with Gasteiger partial charge in [0.15, 0.2) is 5.78 Å². The van der Waals surface area contributed by atoms with Crippen molar-refractivity contribution in [3.8, 4) is 0 Å². The molecule has 1 spiro atoms. The van der Waals surface area contributed by atoms with Crippen LogP contribution >= 0.6 is 0 Å². The fourth-order valence-corrected chi connectivity index (χ4v) is 7.80. The third-order valence-electron chi connectivity index (χ3n) is 8.93. The minimum absolute atomic E-state index is 0.321. The van der Waals surface area contributed by atoms with Crippen molar-refractivity contribution in [1.82, 2.24) is 0 Å². The van der Waals surface area contributed by atoms with Gasteiger partial charge in [-0.15, -0.1) is 0 Å². The summed E-state index contributed by atoms with van der Waals surface area (Å²) in [7, 11) is 0. The number of fused-ring (bicyclic) bond motifs is 4. The first kappa shape index (κ1) is 14.7. The fourth-order valence-electron chi connectivity index (χ4n) is 7.80. The zero-order valence-electron chi connectivity index (χ0n) is 14.6. The average molecular weight is 314 g/mol. The minimum atomic E-state index is 0.321. The molecule has 2 heteroatoms. The quantitative estimate of drug-likeness (QED) is 0.656. The molecule has 23 heavy (non-hydrogen) atoms. The Morgan fingerprint density at radius 2 is 1.87 bits per heavy atom. The lowest BCUT2D eigenvalue weighted by Crippen LogP contribution is -2.51. The van der Waals surface area contributed by atoms with E-state index >= 15 is 0 Å². The molecule has 0 radical (unpaired) electrons. The van der Waals surface area contributed by atoms with E-state index in [0.29, 0.717) is 22.7 Å². The average Bonchev–Trinajstić information content (AvgIpc) is 3.06. The Labute approximate surface area is 140 Å². The molecule has 0 aromatic carbocycles. The van der Waals surface area contributed by atoms with E-state index in [2.05, 4.69) is 13.8 Å². The van der Waals surface area contributed by atoms with Crippen molar-refractivity contribution in [2.24, 2.45) is 34.5 Å². The highest BCUT2D eigenvalue weighted by molar-refractivity contribution is 5.91. The fraction of sp³-hybridized carbons (Fsp3) is 0.857. The summed E-state index contributed by atoms with van der Waals surface area (Å²) in [5.74, 6) is 3.80. The van der Waals surface area contributed by atoms with Crippen molar-refractivity contribution < 1.29 is 9.53 Å². The molecule has 7 atom stereocenters. The molecule has 1 saturated heterocycles. The first-order valence-corrected chi connectivity index (χ1v) is 9.90. The largest absolute Gasteiger partial charge is 0.378 e. The van der Waals surface area contributed by atoms with Crippen LogP contribution in [0.2, 0.25) is 0 Å². The molecular weight excluding hydrogens is 284 g/mol. The Kier molecular flexibility index (Phi) is 3.01. The van der Waals surface area contributed by atoms with Crippen LogP contribution in [0.3, 0.4) is 0 Å². The van der Waals surface area contributed by atoms with E-state index in [1.165, 1.54) is 44.1 Å². The second kappa shape index (κ2) is 4.71. The zero-order valence-corrected chi connectivity index (χ0v) is 14.6. The number of ketones is 1. The molecule has 0 aromatic heterocycles. The van der Waals surface area contributed by atoms with Crippen LogP contribution < -0.4 is 0 Å². The predicted molar refractivity (Wildman–Crippen MR) is 89.9 cm³/mol. The van der Waals surface area contributed by atoms with Crippen LogP contribution in [0.15, 0.2) is 11.6 Å². The van der Waals surface area contributed by atoms with Crippen LogP contribution in [-0.2, 0) is 9.53 Å². The van der Waals surface area contributed by atoms with Gasteiger partial charge in [0, 0.05) is 11.8 Å². The maximum absolute atomic E-state index is 11.9. The minimum Gasteiger partial charge on any atom is -0.378 e. The van der Waals surface area contributed by atoms with E-state index in [-0.39, 0.29) is 0 Å². The Morgan fingerprint density at radius 1 is 1.04 bits per heavy atom. The lowest BCUT2D eigenvalue weighted by Gasteiger charge is -2.57. The van der Waals surface area contributed by atoms with Gasteiger partial charge in [-0.2, -0.15) is 0 Å². The summed E-state index contributed by atoms with van der Waals surface area (Å²) < 4.78 is 6.15. The van der Waals surface area contributed by atoms with E-state index in [9.17, 15) is 4.79 Å². The molecule has 4 aliphatic carbocycles. The van der Waals surface area contributed by atoms with Gasteiger partial charge >= 0.3 is 0 Å². The van der Waals surface area contributed by atoms with Gasteiger partial charge < -0.3 is 4.74 Å². The second-order valence-corrected chi connectivity index (χ2v) is 9.44. The van der Waals surface area contributed by atoms with E-state index in [1.54, 1.807) is 0 Å². The number of hydrogen-bond donors (Lipinski definition) is 0. The maximum Gasteiger partial charge on any atom is 0.155 e. The molecule has 4 fully saturated rings. The monoisotopic (exact) mass is 314 g/mol. The number of hydrogen-bond acceptors (Lipinski definition) is 2. The Morgan fingerprint density at radius 3 is 2.74 bits per heavy atom. The molecule has 2 nitrogen and oxygen atoms in total. The lowest BCUT2D eigenvalue weighted by molar-refractivity contribution is -0.117. The van der Waals surface area contributed by atoms with Crippen molar-refractivity contribution in [1.29, 1.82) is 0 Å². The smallest absolute Gasteiger partial charge is 0.155 e. The van der Waals surface area contributed by atoms with Gasteiger partial charge in [0.1, 0.15) is 0 Å². The Bertz CT molecular complexity index is 578. The molecule has 1 heterocycles. The third-order valence-corrected chi connectivity index (χ3v) is 8.93. The normalized spacial score (nSPS) is 54.8. The number of rotatable bonds is 0. The third kappa shape index (κ3) is 1.77. The van der Waals surface area contributed by atoms with E-state index in [1.807, 2.05) is 6.08 Å². The van der Waals surface area contributed by atoms with Gasteiger partial charge in [0.05, 0.1) is 12.7 Å². The van der Waals surface area contributed by atoms with Gasteiger partial charge in [0.25, 0.3) is 0 Å². The molecule has 1 unspecified atom stereocenters. The van der Waals surface area contributed by atoms with Crippen LogP contribution in [0, 0.1) is 34.5 Å². The van der Waals surface area contributed by atoms with Crippen molar-refractivity contribution >= 4 is 5.78 Å². The van der Waals surface area contributed by atoms with Gasteiger partial charge in [-0.3, -0.25) is 4.79 Å². The van der Waals surface area contributed by atoms with E-state index in [4.69, 9.17) is 4.74 Å². The number of allylic oxidation sites excluding steroid dienone is 1. The summed E-state index contributed by atoms with van der Waals surface area (Å²) in [5.41, 5.74) is 2.33. The molecule has 5 aliphatic rings. The molecule has 3 saturated carbocycles. The molecule has 126 valence electrons. The van der Waals surface area contributed by atoms with Crippen molar-refractivity contribution in [3.63, 3.8) is 0 Å². The molecular formula is C21H30O2. The van der Waals surface area contributed by atoms with Crippen molar-refractivity contribution in [3.05, 3.63) is 11.6 Å². The summed E-state index contributed by atoms with van der Waals surface area (Å²) in [6, 6.07) is 0. The summed E-state index contributed by atoms with van der Waals surface area (Å²) >= 11 is 0. The summed E-state index contributed by atoms with van der Waals surface area (Å²) in [5, 5.41) is 0. The first-order valence-electron chi connectivity index (χ1n) is 9.90. The van der Waals surface area contributed by atoms with E-state index in [0.717, 1.165) is 43.1 Å². The topological polar surface area (TPSA) is 26.3 Å². The van der Waals surface area contributed by atoms with Crippen LogP contribution in [0.1, 0.15) is 65.2 Å². The van der Waals surface area contributed by atoms with Crippen LogP contribution in [0.4, 0.5) is 0 Å². The highest BCUT2D eigenvalue weighted by atomic mass is 16.5. The first-order chi connectivity index (χ1) is 11.0. The van der Waals surface area contributed by atoms with Gasteiger partial charge in [0.2, 0.25) is 0 Å². The number of carbonyl (C=O) groups is 1. The summed E-state index contributed by atoms with van der Waals surface area (Å²) in [6.45, 7) is 5.83. The second-order valence-electron chi connectivity index (χ2n) is 9.44. The number of carbonyl (C=O) groups excluding carboxylic acids is 1. The Balaban J connectivity index is 1.50. The maximum atomic E-state index is 11.9. The van der Waals surface area contributed by atoms with Gasteiger partial charge in [-0.25, -0.2) is 0 Å². The molecule has 1 aliphatic heterocycles. The zero-order chi connectivity index (χ0) is 15.8. The number of ether oxygens (including phenoxy) is 1. The molecule has 5 rings (SSSR count). The van der Waals surface area contributed by atoms with Gasteiger partial charge in [-0.05, 0) is 87.0 Å². The molecule has 0 bridgehead atoms. The molecule has 0 aromatic rings. The lowest BCUT2D eigenvalue weighted by atomic mass is 9.47. The standard InChI is InChI=1S/C21H30O2/c1-13-17-5-6-19-16-4-3-14-11-15(22)7-9-20(14,2)18(16)8-10-21(17,19)12-23-13/h11,13,16-19H,3-10,12H2,1-2H3/t13?,16-,17-,18+,19+,20+,21+/m1/s1. The molecule has 0 N–H and O–H groups in total. The molecule has 0 amide bonds. The summed E-state index contributed by atoms with van der Waals surface area (Å²) in [6.07, 6.45) is 12.5. The van der Waals surface area contributed by atoms with Crippen LogP contribution in [0.5, 0.6) is 0 Å². The van der Waals surface area contributed by atoms with Crippen molar-refractivity contribution in [2.75, 3.05) is 6.61 Å². The van der Waals surface area contributed by atoms with Crippen LogP contribution in [-0.4, -0.2) is 18.5 Å². The predicted octanol–water partition coefficient (Wildman–Crippen LogP) is 4.53. The Hall–Kier alpha value is -0.630. The SMILES string of the molecule is CC1OC[C@]23CC[C@H]4[C@@H](CCC5=CC(=O)CC[C@@]54C)[C@@H]2CC[C@H]13. The highest BCUT2D eigenvalue weighted by Crippen LogP contribution is 2.68. The van der Waals surface area contributed by atoms with Gasteiger partial charge in [-0.1, -0.05) is 12.5 Å². The summed E-state index contributed by atoms with van der Waals surface area (Å²) in [4.78, 5) is 11.9. The van der Waals surface area contributed by atoms with Crippen molar-refractivity contribution in [2.45, 2.75) is 71.3 Å².